The number of carbonyl (C=O) groups is 2. The van der Waals surface area contributed by atoms with Gasteiger partial charge in [-0.2, -0.15) is 0 Å². The van der Waals surface area contributed by atoms with E-state index >= 15 is 0 Å². The summed E-state index contributed by atoms with van der Waals surface area (Å²) in [7, 11) is -10.1. The normalized spacial score (nSPS) is 26.6. The van der Waals surface area contributed by atoms with Crippen LogP contribution in [0.1, 0.15) is 50.1 Å². The number of aromatic nitrogens is 1. The van der Waals surface area contributed by atoms with Crippen molar-refractivity contribution in [3.8, 4) is 0 Å². The molecule has 0 bridgehead atoms. The van der Waals surface area contributed by atoms with Gasteiger partial charge in [0.25, 0.3) is 0 Å². The number of rotatable bonds is 7. The fourth-order valence-corrected chi connectivity index (χ4v) is 6.52. The molecule has 6 nitrogen and oxygen atoms in total. The van der Waals surface area contributed by atoms with E-state index in [-0.39, 0.29) is 48.1 Å². The third-order valence-corrected chi connectivity index (χ3v) is 9.34. The Morgan fingerprint density at radius 2 is 1.66 bits per heavy atom. The lowest BCUT2D eigenvalue weighted by Gasteiger charge is -2.41. The maximum atomic E-state index is 14.3. The van der Waals surface area contributed by atoms with Gasteiger partial charge in [-0.1, -0.05) is 19.4 Å². The molecular formula is C26H28F8N4O2S. The van der Waals surface area contributed by atoms with E-state index in [2.05, 4.69) is 15.6 Å². The van der Waals surface area contributed by atoms with E-state index in [4.69, 9.17) is 0 Å². The third kappa shape index (κ3) is 6.30. The topological polar surface area (TPSA) is 74.3 Å². The summed E-state index contributed by atoms with van der Waals surface area (Å²) in [6, 6.07) is -0.739. The number of amides is 2. The van der Waals surface area contributed by atoms with Gasteiger partial charge in [-0.3, -0.25) is 19.5 Å². The fraction of sp³-hybridized carbons (Fsp3) is 0.500. The minimum absolute atomic E-state index is 0.0760. The van der Waals surface area contributed by atoms with Gasteiger partial charge in [-0.15, -0.1) is 0 Å². The van der Waals surface area contributed by atoms with Crippen molar-refractivity contribution in [2.45, 2.75) is 67.5 Å². The number of alkyl halides is 2. The zero-order valence-electron chi connectivity index (χ0n) is 21.5. The van der Waals surface area contributed by atoms with Crippen LogP contribution in [0.5, 0.6) is 0 Å². The van der Waals surface area contributed by atoms with Gasteiger partial charge in [0.2, 0.25) is 17.7 Å². The minimum Gasteiger partial charge on any atom is -0.351 e. The van der Waals surface area contributed by atoms with Crippen LogP contribution in [-0.4, -0.2) is 41.3 Å². The van der Waals surface area contributed by atoms with Crippen LogP contribution < -0.4 is 15.5 Å². The van der Waals surface area contributed by atoms with E-state index in [0.717, 1.165) is 29.8 Å². The molecule has 4 unspecified atom stereocenters. The number of hydrogen-bond donors (Lipinski definition) is 2. The molecule has 1 aliphatic heterocycles. The number of nitrogens with zero attached hydrogens (tertiary/aromatic N) is 2. The molecular weight excluding hydrogens is 584 g/mol. The molecule has 1 aromatic carbocycles. The van der Waals surface area contributed by atoms with Gasteiger partial charge >= 0.3 is 10.2 Å². The maximum Gasteiger partial charge on any atom is 0.310 e. The average Bonchev–Trinajstić information content (AvgIpc) is 3.15. The first-order valence-electron chi connectivity index (χ1n) is 13.1. The first kappa shape index (κ1) is 29.5. The van der Waals surface area contributed by atoms with E-state index in [1.165, 1.54) is 0 Å². The van der Waals surface area contributed by atoms with E-state index in [9.17, 15) is 42.2 Å². The summed E-state index contributed by atoms with van der Waals surface area (Å²) < 4.78 is 109. The first-order chi connectivity index (χ1) is 18.9. The Bertz CT molecular complexity index is 1330. The van der Waals surface area contributed by atoms with Crippen molar-refractivity contribution in [3.63, 3.8) is 0 Å². The Hall–Kier alpha value is -2.94. The summed E-state index contributed by atoms with van der Waals surface area (Å²) in [5.74, 6) is -5.35. The first-order valence-corrected chi connectivity index (χ1v) is 15.1. The summed E-state index contributed by atoms with van der Waals surface area (Å²) in [4.78, 5) is 30.2. The van der Waals surface area contributed by atoms with Crippen molar-refractivity contribution in [2.24, 2.45) is 11.8 Å². The van der Waals surface area contributed by atoms with Crippen molar-refractivity contribution in [2.75, 3.05) is 11.4 Å². The highest BCUT2D eigenvalue weighted by atomic mass is 32.5. The van der Waals surface area contributed by atoms with Crippen molar-refractivity contribution in [1.82, 2.24) is 15.6 Å². The van der Waals surface area contributed by atoms with Crippen molar-refractivity contribution < 1.29 is 42.2 Å². The lowest BCUT2D eigenvalue weighted by Crippen LogP contribution is -2.53. The minimum atomic E-state index is -10.1. The Kier molecular flexibility index (Phi) is 6.88. The second kappa shape index (κ2) is 9.54. The molecule has 4 atom stereocenters. The molecule has 0 radical (unpaired) electrons. The monoisotopic (exact) mass is 612 g/mol. The number of fused-ring (bicyclic) bond motifs is 1. The van der Waals surface area contributed by atoms with Crippen molar-refractivity contribution in [3.05, 3.63) is 54.1 Å². The van der Waals surface area contributed by atoms with Gasteiger partial charge in [-0.05, 0) is 74.4 Å². The van der Waals surface area contributed by atoms with Crippen LogP contribution in [0.15, 0.2) is 47.6 Å². The zero-order chi connectivity index (χ0) is 29.9. The SMILES string of the molecule is O=C(NC1CCC(F)(F)CC1)C(c1cncc(F)c1)N(C(=O)C1NCC2CCC21)c1ccc(S(F)(F)(F)(F)F)cc1. The number of halogens is 8. The predicted octanol–water partition coefficient (Wildman–Crippen LogP) is 6.64. The number of pyridine rings is 1. The van der Waals surface area contributed by atoms with E-state index in [1.54, 1.807) is 0 Å². The molecule has 15 heteroatoms. The molecule has 1 saturated heterocycles. The van der Waals surface area contributed by atoms with E-state index in [0.29, 0.717) is 25.1 Å². The highest BCUT2D eigenvalue weighted by Gasteiger charge is 2.65. The zero-order valence-corrected chi connectivity index (χ0v) is 22.3. The lowest BCUT2D eigenvalue weighted by molar-refractivity contribution is -0.129. The predicted molar refractivity (Wildman–Crippen MR) is 136 cm³/mol. The molecule has 0 spiro atoms. The van der Waals surface area contributed by atoms with Gasteiger partial charge in [0.15, 0.2) is 0 Å². The number of anilines is 1. The van der Waals surface area contributed by atoms with Crippen LogP contribution >= 0.6 is 10.2 Å². The van der Waals surface area contributed by atoms with Crippen LogP contribution in [0, 0.1) is 17.7 Å². The molecule has 1 aromatic heterocycles. The summed E-state index contributed by atoms with van der Waals surface area (Å²) in [6.45, 7) is 0.493. The van der Waals surface area contributed by atoms with E-state index in [1.807, 2.05) is 0 Å². The summed E-state index contributed by atoms with van der Waals surface area (Å²) >= 11 is 0. The molecule has 3 aliphatic rings. The summed E-state index contributed by atoms with van der Waals surface area (Å²) in [6.07, 6.45) is 2.34. The molecule has 3 fully saturated rings. The van der Waals surface area contributed by atoms with Gasteiger partial charge < -0.3 is 10.6 Å². The smallest absolute Gasteiger partial charge is 0.310 e. The standard InChI is InChI=1S/C26H28F8N4O2S/c27-17-11-16(12-35-14-17)23(24(39)37-18-7-9-26(28,29)10-8-18)38(25(40)22-21-6-1-15(21)13-36-22)19-2-4-20(5-3-19)41(30,31,32,33)34/h2-5,11-12,14-15,18,21-23,36H,1,6-10,13H2,(H,37,39). The molecule has 2 N–H and O–H groups in total. The Labute approximate surface area is 230 Å². The van der Waals surface area contributed by atoms with Crippen LogP contribution in [0.2, 0.25) is 0 Å². The van der Waals surface area contributed by atoms with Crippen LogP contribution in [0.3, 0.4) is 0 Å². The molecule has 5 rings (SSSR count). The van der Waals surface area contributed by atoms with Crippen molar-refractivity contribution in [1.29, 1.82) is 0 Å². The highest BCUT2D eigenvalue weighted by Crippen LogP contribution is 3.02. The largest absolute Gasteiger partial charge is 0.351 e. The fourth-order valence-electron chi connectivity index (χ4n) is 5.86. The van der Waals surface area contributed by atoms with Gasteiger partial charge in [-0.25, -0.2) is 13.2 Å². The Morgan fingerprint density at radius 3 is 2.20 bits per heavy atom. The molecule has 2 aliphatic carbocycles. The van der Waals surface area contributed by atoms with Crippen LogP contribution in [0.4, 0.5) is 38.3 Å². The van der Waals surface area contributed by atoms with Crippen LogP contribution in [0.25, 0.3) is 0 Å². The average molecular weight is 613 g/mol. The number of benzene rings is 1. The van der Waals surface area contributed by atoms with Crippen molar-refractivity contribution >= 4 is 27.7 Å². The maximum absolute atomic E-state index is 14.3. The Morgan fingerprint density at radius 1 is 1.00 bits per heavy atom. The molecule has 226 valence electrons. The summed E-state index contributed by atoms with van der Waals surface area (Å²) in [5, 5.41) is 5.69. The molecule has 41 heavy (non-hydrogen) atoms. The second-order valence-corrected chi connectivity index (χ2v) is 13.4. The second-order valence-electron chi connectivity index (χ2n) is 11.0. The molecule has 2 aromatic rings. The third-order valence-electron chi connectivity index (χ3n) is 8.18. The summed E-state index contributed by atoms with van der Waals surface area (Å²) in [5.41, 5.74) is -0.457. The molecule has 2 heterocycles. The Balaban J connectivity index is 1.56. The highest BCUT2D eigenvalue weighted by molar-refractivity contribution is 8.45. The molecule has 2 saturated carbocycles. The number of nitrogens with one attached hydrogen (secondary N) is 2. The number of carbonyl (C=O) groups excluding carboxylic acids is 2. The van der Waals surface area contributed by atoms with Gasteiger partial charge in [0, 0.05) is 36.3 Å². The molecule has 2 amide bonds. The van der Waals surface area contributed by atoms with Crippen LogP contribution in [-0.2, 0) is 9.59 Å². The van der Waals surface area contributed by atoms with Gasteiger partial charge in [0.1, 0.15) is 16.8 Å². The van der Waals surface area contributed by atoms with E-state index < -0.39 is 69.6 Å². The number of hydrogen-bond acceptors (Lipinski definition) is 4. The lowest BCUT2D eigenvalue weighted by atomic mass is 9.72. The quantitative estimate of drug-likeness (QED) is 0.344. The van der Waals surface area contributed by atoms with Gasteiger partial charge in [0.05, 0.1) is 12.2 Å².